The first-order valence-corrected chi connectivity index (χ1v) is 12.1. The molecule has 0 saturated carbocycles. The molecule has 1 atom stereocenters. The van der Waals surface area contributed by atoms with Crippen molar-refractivity contribution in [2.24, 2.45) is 0 Å². The quantitative estimate of drug-likeness (QED) is 0.424. The maximum atomic E-state index is 13.6. The van der Waals surface area contributed by atoms with Crippen LogP contribution in [0.1, 0.15) is 37.5 Å². The molecular weight excluding hydrogens is 460 g/mol. The molecule has 0 aliphatic heterocycles. The van der Waals surface area contributed by atoms with Gasteiger partial charge in [-0.3, -0.25) is 9.59 Å². The van der Waals surface area contributed by atoms with Gasteiger partial charge in [-0.05, 0) is 62.6 Å². The van der Waals surface area contributed by atoms with Crippen molar-refractivity contribution in [3.05, 3.63) is 101 Å². The molecule has 0 bridgehead atoms. The van der Waals surface area contributed by atoms with E-state index in [4.69, 9.17) is 16.3 Å². The average Bonchev–Trinajstić information content (AvgIpc) is 2.81. The molecule has 0 saturated heterocycles. The van der Waals surface area contributed by atoms with Crippen LogP contribution in [0.4, 0.5) is 0 Å². The number of carbonyl (C=O) groups is 2. The molecule has 0 heterocycles. The number of ether oxygens (including phenoxy) is 1. The highest BCUT2D eigenvalue weighted by atomic mass is 35.5. The standard InChI is InChI=1S/C29H33ClN2O3/c1-21-10-8-9-13-26(21)35-20-27(33)32(19-23-14-16-24(30)17-15-23)25(28(34)31-29(2,3)4)18-22-11-6-5-7-12-22/h5-17,25H,18-20H2,1-4H3,(H,31,34). The Morgan fingerprint density at radius 2 is 1.54 bits per heavy atom. The van der Waals surface area contributed by atoms with Crippen molar-refractivity contribution in [1.29, 1.82) is 0 Å². The molecule has 0 aromatic heterocycles. The van der Waals surface area contributed by atoms with Crippen molar-refractivity contribution in [1.82, 2.24) is 10.2 Å². The molecule has 0 radical (unpaired) electrons. The van der Waals surface area contributed by atoms with Gasteiger partial charge in [0.05, 0.1) is 0 Å². The van der Waals surface area contributed by atoms with E-state index in [2.05, 4.69) is 5.32 Å². The zero-order valence-electron chi connectivity index (χ0n) is 20.8. The minimum Gasteiger partial charge on any atom is -0.484 e. The first kappa shape index (κ1) is 26.3. The van der Waals surface area contributed by atoms with Crippen LogP contribution in [-0.2, 0) is 22.6 Å². The third kappa shape index (κ3) is 8.15. The number of rotatable bonds is 9. The number of carbonyl (C=O) groups excluding carboxylic acids is 2. The summed E-state index contributed by atoms with van der Waals surface area (Å²) in [6.45, 7) is 7.79. The second-order valence-electron chi connectivity index (χ2n) is 9.65. The fourth-order valence-electron chi connectivity index (χ4n) is 3.73. The number of amides is 2. The van der Waals surface area contributed by atoms with Crippen LogP contribution in [0, 0.1) is 6.92 Å². The summed E-state index contributed by atoms with van der Waals surface area (Å²) in [6.07, 6.45) is 0.381. The summed E-state index contributed by atoms with van der Waals surface area (Å²) < 4.78 is 5.87. The van der Waals surface area contributed by atoms with Crippen LogP contribution >= 0.6 is 11.6 Å². The third-order valence-electron chi connectivity index (χ3n) is 5.48. The largest absolute Gasteiger partial charge is 0.484 e. The van der Waals surface area contributed by atoms with E-state index in [9.17, 15) is 9.59 Å². The Morgan fingerprint density at radius 1 is 0.914 bits per heavy atom. The number of halogens is 1. The van der Waals surface area contributed by atoms with E-state index in [0.717, 1.165) is 16.7 Å². The summed E-state index contributed by atoms with van der Waals surface area (Å²) >= 11 is 6.07. The number of nitrogens with one attached hydrogen (secondary N) is 1. The molecular formula is C29H33ClN2O3. The Kier molecular flexibility index (Phi) is 8.94. The molecule has 3 rings (SSSR count). The molecule has 3 aromatic carbocycles. The Hall–Kier alpha value is -3.31. The van der Waals surface area contributed by atoms with E-state index in [1.54, 1.807) is 17.0 Å². The van der Waals surface area contributed by atoms with Crippen molar-refractivity contribution in [3.8, 4) is 5.75 Å². The van der Waals surface area contributed by atoms with Gasteiger partial charge in [0.1, 0.15) is 11.8 Å². The highest BCUT2D eigenvalue weighted by molar-refractivity contribution is 6.30. The smallest absolute Gasteiger partial charge is 0.261 e. The molecule has 35 heavy (non-hydrogen) atoms. The van der Waals surface area contributed by atoms with Crippen molar-refractivity contribution in [3.63, 3.8) is 0 Å². The highest BCUT2D eigenvalue weighted by Gasteiger charge is 2.32. The summed E-state index contributed by atoms with van der Waals surface area (Å²) in [5.41, 5.74) is 2.34. The average molecular weight is 493 g/mol. The van der Waals surface area contributed by atoms with E-state index in [1.807, 2.05) is 94.4 Å². The van der Waals surface area contributed by atoms with Crippen molar-refractivity contribution >= 4 is 23.4 Å². The van der Waals surface area contributed by atoms with Crippen LogP contribution in [0.2, 0.25) is 5.02 Å². The van der Waals surface area contributed by atoms with E-state index in [-0.39, 0.29) is 25.0 Å². The molecule has 5 nitrogen and oxygen atoms in total. The van der Waals surface area contributed by atoms with E-state index < -0.39 is 11.6 Å². The van der Waals surface area contributed by atoms with Crippen LogP contribution in [0.25, 0.3) is 0 Å². The number of benzene rings is 3. The number of hydrogen-bond donors (Lipinski definition) is 1. The maximum Gasteiger partial charge on any atom is 0.261 e. The third-order valence-corrected chi connectivity index (χ3v) is 5.73. The molecule has 1 unspecified atom stereocenters. The van der Waals surface area contributed by atoms with Gasteiger partial charge in [0.15, 0.2) is 6.61 Å². The van der Waals surface area contributed by atoms with E-state index in [1.165, 1.54) is 0 Å². The van der Waals surface area contributed by atoms with Gasteiger partial charge in [-0.1, -0.05) is 72.3 Å². The second-order valence-corrected chi connectivity index (χ2v) is 10.1. The number of aryl methyl sites for hydroxylation is 1. The Morgan fingerprint density at radius 3 is 2.17 bits per heavy atom. The van der Waals surface area contributed by atoms with Gasteiger partial charge in [-0.15, -0.1) is 0 Å². The minimum absolute atomic E-state index is 0.174. The Bertz CT molecular complexity index is 1120. The van der Waals surface area contributed by atoms with E-state index in [0.29, 0.717) is 17.2 Å². The predicted molar refractivity (Wildman–Crippen MR) is 141 cm³/mol. The van der Waals surface area contributed by atoms with Crippen molar-refractivity contribution in [2.75, 3.05) is 6.61 Å². The molecule has 0 fully saturated rings. The number of para-hydroxylation sites is 1. The van der Waals surface area contributed by atoms with Gasteiger partial charge in [0.2, 0.25) is 5.91 Å². The number of nitrogens with zero attached hydrogens (tertiary/aromatic N) is 1. The lowest BCUT2D eigenvalue weighted by Gasteiger charge is -2.33. The van der Waals surface area contributed by atoms with E-state index >= 15 is 0 Å². The normalized spacial score (nSPS) is 12.0. The highest BCUT2D eigenvalue weighted by Crippen LogP contribution is 2.20. The summed E-state index contributed by atoms with van der Waals surface area (Å²) in [5.74, 6) is 0.166. The molecule has 0 spiro atoms. The Labute approximate surface area is 213 Å². The fourth-order valence-corrected chi connectivity index (χ4v) is 3.86. The van der Waals surface area contributed by atoms with Gasteiger partial charge in [0, 0.05) is 23.5 Å². The summed E-state index contributed by atoms with van der Waals surface area (Å²) in [4.78, 5) is 28.7. The lowest BCUT2D eigenvalue weighted by Crippen LogP contribution is -2.55. The molecule has 0 aliphatic carbocycles. The molecule has 184 valence electrons. The molecule has 1 N–H and O–H groups in total. The maximum absolute atomic E-state index is 13.6. The minimum atomic E-state index is -0.722. The predicted octanol–water partition coefficient (Wildman–Crippen LogP) is 5.58. The van der Waals surface area contributed by atoms with Crippen LogP contribution in [-0.4, -0.2) is 34.9 Å². The summed E-state index contributed by atoms with van der Waals surface area (Å²) in [7, 11) is 0. The first-order chi connectivity index (χ1) is 16.6. The Balaban J connectivity index is 1.93. The van der Waals surface area contributed by atoms with Crippen LogP contribution in [0.15, 0.2) is 78.9 Å². The lowest BCUT2D eigenvalue weighted by molar-refractivity contribution is -0.143. The van der Waals surface area contributed by atoms with Crippen molar-refractivity contribution < 1.29 is 14.3 Å². The zero-order chi connectivity index (χ0) is 25.4. The van der Waals surface area contributed by atoms with Gasteiger partial charge in [0.25, 0.3) is 5.91 Å². The van der Waals surface area contributed by atoms with Crippen LogP contribution in [0.3, 0.4) is 0 Å². The second kappa shape index (κ2) is 11.9. The fraction of sp³-hybridized carbons (Fsp3) is 0.310. The summed E-state index contributed by atoms with van der Waals surface area (Å²) in [5, 5.41) is 3.67. The summed E-state index contributed by atoms with van der Waals surface area (Å²) in [6, 6.07) is 23.9. The molecule has 0 aliphatic rings. The van der Waals surface area contributed by atoms with Gasteiger partial charge in [-0.2, -0.15) is 0 Å². The zero-order valence-corrected chi connectivity index (χ0v) is 21.5. The van der Waals surface area contributed by atoms with Gasteiger partial charge in [-0.25, -0.2) is 0 Å². The lowest BCUT2D eigenvalue weighted by atomic mass is 10.0. The topological polar surface area (TPSA) is 58.6 Å². The molecule has 2 amide bonds. The number of hydrogen-bond acceptors (Lipinski definition) is 3. The SMILES string of the molecule is Cc1ccccc1OCC(=O)N(Cc1ccc(Cl)cc1)C(Cc1ccccc1)C(=O)NC(C)(C)C. The monoisotopic (exact) mass is 492 g/mol. The van der Waals surface area contributed by atoms with Gasteiger partial charge >= 0.3 is 0 Å². The first-order valence-electron chi connectivity index (χ1n) is 11.7. The van der Waals surface area contributed by atoms with Crippen molar-refractivity contribution in [2.45, 2.75) is 52.2 Å². The molecule has 3 aromatic rings. The van der Waals surface area contributed by atoms with Crippen LogP contribution < -0.4 is 10.1 Å². The van der Waals surface area contributed by atoms with Gasteiger partial charge < -0.3 is 15.0 Å². The molecule has 6 heteroatoms. The van der Waals surface area contributed by atoms with Crippen LogP contribution in [0.5, 0.6) is 5.75 Å².